The quantitative estimate of drug-likeness (QED) is 0.628. The second kappa shape index (κ2) is 4.67. The van der Waals surface area contributed by atoms with Crippen LogP contribution >= 0.6 is 11.6 Å². The first kappa shape index (κ1) is 13.8. The first-order chi connectivity index (χ1) is 9.49. The Morgan fingerprint density at radius 1 is 1.35 bits per heavy atom. The zero-order valence-electron chi connectivity index (χ0n) is 10.5. The van der Waals surface area contributed by atoms with E-state index in [2.05, 4.69) is 4.99 Å². The highest BCUT2D eigenvalue weighted by Crippen LogP contribution is 2.50. The lowest BCUT2D eigenvalue weighted by Gasteiger charge is -2.26. The minimum atomic E-state index is -3.45. The van der Waals surface area contributed by atoms with Crippen molar-refractivity contribution in [2.45, 2.75) is 28.5 Å². The van der Waals surface area contributed by atoms with Gasteiger partial charge in [0.2, 0.25) is 6.08 Å². The van der Waals surface area contributed by atoms with Gasteiger partial charge in [0.15, 0.2) is 9.84 Å². The van der Waals surface area contributed by atoms with E-state index in [1.165, 1.54) is 6.07 Å². The van der Waals surface area contributed by atoms with Crippen LogP contribution in [0.2, 0.25) is 5.02 Å². The summed E-state index contributed by atoms with van der Waals surface area (Å²) < 4.78 is 29.5. The van der Waals surface area contributed by atoms with Crippen molar-refractivity contribution in [2.24, 2.45) is 4.99 Å². The van der Waals surface area contributed by atoms with E-state index in [0.29, 0.717) is 0 Å². The average molecular weight is 314 g/mol. The topological polar surface area (TPSA) is 72.8 Å². The molecule has 0 N–H and O–H groups in total. The van der Waals surface area contributed by atoms with Crippen molar-refractivity contribution in [3.05, 3.63) is 28.8 Å². The van der Waals surface area contributed by atoms with Crippen LogP contribution in [0.4, 0.5) is 0 Å². The van der Waals surface area contributed by atoms with Crippen LogP contribution in [0, 0.1) is 0 Å². The van der Waals surface area contributed by atoms with Crippen molar-refractivity contribution in [1.29, 1.82) is 0 Å². The van der Waals surface area contributed by atoms with Gasteiger partial charge in [-0.2, -0.15) is 4.99 Å². The number of benzene rings is 1. The maximum Gasteiger partial charge on any atom is 0.235 e. The van der Waals surface area contributed by atoms with E-state index in [4.69, 9.17) is 16.3 Å². The van der Waals surface area contributed by atoms with E-state index >= 15 is 0 Å². The maximum atomic E-state index is 12.3. The first-order valence-corrected chi connectivity index (χ1v) is 8.13. The highest BCUT2D eigenvalue weighted by atomic mass is 35.5. The van der Waals surface area contributed by atoms with Crippen LogP contribution in [0.25, 0.3) is 0 Å². The second-order valence-electron chi connectivity index (χ2n) is 5.08. The number of hydrogen-bond donors (Lipinski definition) is 0. The number of hydrogen-bond acceptors (Lipinski definition) is 5. The highest BCUT2D eigenvalue weighted by molar-refractivity contribution is 7.92. The Hall–Kier alpha value is -1.20. The molecule has 0 radical (unpaired) electrons. The molecule has 0 aromatic heterocycles. The Balaban J connectivity index is 1.98. The lowest BCUT2D eigenvalue weighted by molar-refractivity contribution is 0.0416. The molecule has 0 unspecified atom stereocenters. The Morgan fingerprint density at radius 2 is 2.05 bits per heavy atom. The van der Waals surface area contributed by atoms with Crippen LogP contribution in [-0.2, 0) is 24.9 Å². The van der Waals surface area contributed by atoms with Crippen LogP contribution in [0.5, 0.6) is 0 Å². The fourth-order valence-corrected chi connectivity index (χ4v) is 4.27. The van der Waals surface area contributed by atoms with Crippen LogP contribution in [0.1, 0.15) is 18.4 Å². The summed E-state index contributed by atoms with van der Waals surface area (Å²) in [6.45, 7) is 0.416. The summed E-state index contributed by atoms with van der Waals surface area (Å²) in [5.41, 5.74) is 0.211. The van der Waals surface area contributed by atoms with Crippen LogP contribution in [0.3, 0.4) is 0 Å². The van der Waals surface area contributed by atoms with Crippen molar-refractivity contribution >= 4 is 27.5 Å². The molecule has 0 spiro atoms. The summed E-state index contributed by atoms with van der Waals surface area (Å²) in [4.78, 5) is 14.4. The number of carbonyl (C=O) groups excluding carboxylic acids is 1. The number of ether oxygens (including phenoxy) is 1. The van der Waals surface area contributed by atoms with Crippen molar-refractivity contribution in [1.82, 2.24) is 0 Å². The zero-order valence-corrected chi connectivity index (χ0v) is 12.1. The minimum absolute atomic E-state index is 0.113. The summed E-state index contributed by atoms with van der Waals surface area (Å²) in [7, 11) is -3.45. The minimum Gasteiger partial charge on any atom is -0.379 e. The van der Waals surface area contributed by atoms with Crippen LogP contribution in [0.15, 0.2) is 28.1 Å². The molecule has 1 aliphatic heterocycles. The van der Waals surface area contributed by atoms with Gasteiger partial charge in [-0.1, -0.05) is 17.7 Å². The van der Waals surface area contributed by atoms with E-state index < -0.39 is 20.6 Å². The molecule has 7 heteroatoms. The van der Waals surface area contributed by atoms with Crippen molar-refractivity contribution in [2.75, 3.05) is 13.2 Å². The summed E-state index contributed by atoms with van der Waals surface area (Å²) in [6.07, 6.45) is 3.07. The number of halogens is 1. The fraction of sp³-hybridized carbons (Fsp3) is 0.462. The lowest BCUT2D eigenvalue weighted by Crippen LogP contribution is -2.40. The van der Waals surface area contributed by atoms with E-state index in [1.54, 1.807) is 18.2 Å². The van der Waals surface area contributed by atoms with E-state index in [-0.39, 0.29) is 23.1 Å². The standard InChI is InChI=1S/C13H12ClNO4S/c14-11-5-9(13(3-4-13)15-8-16)1-2-12(11)20(17,18)10-6-19-7-10/h1-2,5,10H,3-4,6-7H2. The Morgan fingerprint density at radius 3 is 2.50 bits per heavy atom. The van der Waals surface area contributed by atoms with Gasteiger partial charge in [0.1, 0.15) is 5.25 Å². The predicted molar refractivity (Wildman–Crippen MR) is 72.3 cm³/mol. The monoisotopic (exact) mass is 313 g/mol. The molecule has 1 aromatic carbocycles. The van der Waals surface area contributed by atoms with Gasteiger partial charge in [0.05, 0.1) is 28.7 Å². The highest BCUT2D eigenvalue weighted by Gasteiger charge is 2.45. The third kappa shape index (κ3) is 2.09. The molecule has 1 aliphatic carbocycles. The van der Waals surface area contributed by atoms with Crippen LogP contribution in [-0.4, -0.2) is 33.0 Å². The largest absolute Gasteiger partial charge is 0.379 e. The fourth-order valence-electron chi connectivity index (χ4n) is 2.26. The summed E-state index contributed by atoms with van der Waals surface area (Å²) >= 11 is 6.11. The molecule has 5 nitrogen and oxygen atoms in total. The second-order valence-corrected chi connectivity index (χ2v) is 7.69. The van der Waals surface area contributed by atoms with Gasteiger partial charge in [-0.25, -0.2) is 13.2 Å². The SMILES string of the molecule is O=C=NC1(c2ccc(S(=O)(=O)C3COC3)c(Cl)c2)CC1. The number of sulfone groups is 1. The average Bonchev–Trinajstić information content (AvgIpc) is 3.07. The third-order valence-corrected chi connectivity index (χ3v) is 6.35. The van der Waals surface area contributed by atoms with E-state index in [9.17, 15) is 13.2 Å². The van der Waals surface area contributed by atoms with Crippen molar-refractivity contribution < 1.29 is 17.9 Å². The van der Waals surface area contributed by atoms with Gasteiger partial charge in [0.25, 0.3) is 0 Å². The summed E-state index contributed by atoms with van der Waals surface area (Å²) in [5.74, 6) is 0. The Labute approximate surface area is 121 Å². The lowest BCUT2D eigenvalue weighted by atomic mass is 10.1. The Kier molecular flexibility index (Phi) is 3.21. The summed E-state index contributed by atoms with van der Waals surface area (Å²) in [5, 5.41) is -0.351. The first-order valence-electron chi connectivity index (χ1n) is 6.20. The maximum absolute atomic E-state index is 12.3. The van der Waals surface area contributed by atoms with Gasteiger partial charge in [-0.3, -0.25) is 0 Å². The van der Waals surface area contributed by atoms with Crippen molar-refractivity contribution in [3.8, 4) is 0 Å². The molecule has 1 aromatic rings. The molecule has 20 heavy (non-hydrogen) atoms. The van der Waals surface area contributed by atoms with Gasteiger partial charge < -0.3 is 4.74 Å². The molecule has 0 atom stereocenters. The zero-order chi connectivity index (χ0) is 14.4. The van der Waals surface area contributed by atoms with Gasteiger partial charge >= 0.3 is 0 Å². The molecule has 1 heterocycles. The number of aliphatic imine (C=N–C) groups is 1. The normalized spacial score (nSPS) is 20.9. The molecule has 2 aliphatic rings. The molecule has 0 amide bonds. The summed E-state index contributed by atoms with van der Waals surface area (Å²) in [6, 6.07) is 4.75. The smallest absolute Gasteiger partial charge is 0.235 e. The van der Waals surface area contributed by atoms with Gasteiger partial charge in [-0.05, 0) is 30.5 Å². The third-order valence-electron chi connectivity index (χ3n) is 3.81. The number of rotatable bonds is 4. The molecular weight excluding hydrogens is 302 g/mol. The molecule has 1 saturated carbocycles. The number of nitrogens with zero attached hydrogens (tertiary/aromatic N) is 1. The molecule has 106 valence electrons. The van der Waals surface area contributed by atoms with Gasteiger partial charge in [-0.15, -0.1) is 0 Å². The predicted octanol–water partition coefficient (Wildman–Crippen LogP) is 1.84. The van der Waals surface area contributed by atoms with E-state index in [1.807, 2.05) is 0 Å². The van der Waals surface area contributed by atoms with Crippen molar-refractivity contribution in [3.63, 3.8) is 0 Å². The Bertz CT molecular complexity index is 701. The van der Waals surface area contributed by atoms with Crippen LogP contribution < -0.4 is 0 Å². The molecular formula is C13H12ClNO4S. The molecule has 0 bridgehead atoms. The molecule has 2 fully saturated rings. The van der Waals surface area contributed by atoms with Gasteiger partial charge in [0, 0.05) is 0 Å². The van der Waals surface area contributed by atoms with E-state index in [0.717, 1.165) is 18.4 Å². The molecule has 3 rings (SSSR count). The molecule has 1 saturated heterocycles. The number of isocyanates is 1.